The van der Waals surface area contributed by atoms with E-state index in [1.807, 2.05) is 6.33 Å². The second kappa shape index (κ2) is 7.30. The van der Waals surface area contributed by atoms with Crippen LogP contribution in [0.1, 0.15) is 38.5 Å². The molecule has 0 saturated carbocycles. The third-order valence-corrected chi connectivity index (χ3v) is 9.30. The summed E-state index contributed by atoms with van der Waals surface area (Å²) in [5, 5.41) is 4.65. The number of nitrogens with zero attached hydrogens (tertiary/aromatic N) is 6. The van der Waals surface area contributed by atoms with Crippen LogP contribution in [-0.4, -0.2) is 67.8 Å². The molecular formula is C14H26F6N6P2. The second-order valence-electron chi connectivity index (χ2n) is 7.29. The van der Waals surface area contributed by atoms with E-state index in [2.05, 4.69) is 28.5 Å². The molecule has 0 bridgehead atoms. The molecule has 3 saturated heterocycles. The molecule has 1 aromatic heterocycles. The zero-order chi connectivity index (χ0) is 20.5. The van der Waals surface area contributed by atoms with Crippen molar-refractivity contribution in [2.75, 3.05) is 39.3 Å². The standard InChI is InChI=1S/C14H26N6P.F6P/c1-2-8-17(7-1)21(18-9-3-4-10-18,19-11-5-6-12-19)20-14-15-13-16-20;1-7(2,3,4,5)6/h13-14H,1-12H2;/q+1;-1. The van der Waals surface area contributed by atoms with Gasteiger partial charge in [0.05, 0.1) is 0 Å². The van der Waals surface area contributed by atoms with Crippen LogP contribution in [0, 0.1) is 0 Å². The Hall–Kier alpha value is -0.540. The zero-order valence-electron chi connectivity index (χ0n) is 15.5. The van der Waals surface area contributed by atoms with Crippen LogP contribution < -0.4 is 0 Å². The number of aromatic nitrogens is 3. The molecule has 4 heterocycles. The molecule has 6 nitrogen and oxygen atoms in total. The van der Waals surface area contributed by atoms with Gasteiger partial charge in [0.25, 0.3) is 0 Å². The smallest absolute Gasteiger partial charge is 0.219 e. The van der Waals surface area contributed by atoms with E-state index in [0.717, 1.165) is 0 Å². The predicted octanol–water partition coefficient (Wildman–Crippen LogP) is 5.47. The summed E-state index contributed by atoms with van der Waals surface area (Å²) in [6.07, 6.45) is 11.7. The minimum Gasteiger partial charge on any atom is -0.219 e. The normalized spacial score (nSPS) is 25.4. The van der Waals surface area contributed by atoms with Crippen LogP contribution in [0.5, 0.6) is 0 Å². The van der Waals surface area contributed by atoms with E-state index < -0.39 is 15.7 Å². The van der Waals surface area contributed by atoms with Gasteiger partial charge in [-0.25, -0.2) is 4.98 Å². The minimum atomic E-state index is -10.7. The van der Waals surface area contributed by atoms with E-state index in [4.69, 9.17) is 0 Å². The molecule has 0 spiro atoms. The van der Waals surface area contributed by atoms with Gasteiger partial charge in [0.2, 0.25) is 0 Å². The molecule has 1 aromatic rings. The summed E-state index contributed by atoms with van der Waals surface area (Å²) in [6, 6.07) is 0. The monoisotopic (exact) mass is 454 g/mol. The molecule has 3 fully saturated rings. The van der Waals surface area contributed by atoms with Crippen LogP contribution in [-0.2, 0) is 0 Å². The third kappa shape index (κ3) is 5.75. The van der Waals surface area contributed by atoms with Crippen LogP contribution in [0.2, 0.25) is 0 Å². The summed E-state index contributed by atoms with van der Waals surface area (Å²) in [6.45, 7) is 7.34. The van der Waals surface area contributed by atoms with E-state index in [0.29, 0.717) is 0 Å². The maximum Gasteiger partial charge on any atom is 0.354 e. The van der Waals surface area contributed by atoms with Gasteiger partial charge in [0.1, 0.15) is 6.33 Å². The molecule has 0 radical (unpaired) electrons. The molecule has 3 aliphatic rings. The summed E-state index contributed by atoms with van der Waals surface area (Å²) >= 11 is 0. The SMILES string of the molecule is F[P-](F)(F)(F)(F)F.c1ncn([P+](N2CCCC2)(N2CCCC2)N2CCCC2)n1. The van der Waals surface area contributed by atoms with Crippen molar-refractivity contribution in [1.82, 2.24) is 28.5 Å². The molecule has 0 amide bonds. The van der Waals surface area contributed by atoms with E-state index in [-0.39, 0.29) is 0 Å². The molecule has 14 heteroatoms. The number of hydrogen-bond acceptors (Lipinski definition) is 5. The Morgan fingerprint density at radius 3 is 1.21 bits per heavy atom. The minimum absolute atomic E-state index is 1.22. The largest absolute Gasteiger partial charge is 0.354 e. The summed E-state index contributed by atoms with van der Waals surface area (Å²) < 4.78 is 69.7. The molecule has 0 N–H and O–H groups in total. The van der Waals surface area contributed by atoms with E-state index in [1.165, 1.54) is 77.8 Å². The van der Waals surface area contributed by atoms with Crippen molar-refractivity contribution in [3.63, 3.8) is 0 Å². The first-order valence-electron chi connectivity index (χ1n) is 9.44. The first-order chi connectivity index (χ1) is 12.9. The maximum atomic E-state index is 9.87. The molecule has 4 rings (SSSR count). The van der Waals surface area contributed by atoms with Crippen LogP contribution in [0.3, 0.4) is 0 Å². The van der Waals surface area contributed by atoms with Crippen LogP contribution in [0.25, 0.3) is 0 Å². The Kier molecular flexibility index (Phi) is 5.78. The first-order valence-corrected chi connectivity index (χ1v) is 13.1. The van der Waals surface area contributed by atoms with Crippen molar-refractivity contribution in [3.8, 4) is 0 Å². The summed E-state index contributed by atoms with van der Waals surface area (Å²) in [7, 11) is -12.4. The molecular weight excluding hydrogens is 428 g/mol. The van der Waals surface area contributed by atoms with Crippen molar-refractivity contribution in [3.05, 3.63) is 12.7 Å². The summed E-state index contributed by atoms with van der Waals surface area (Å²) in [5.41, 5.74) is 0. The fraction of sp³-hybridized carbons (Fsp3) is 0.857. The number of halogens is 6. The molecule has 28 heavy (non-hydrogen) atoms. The fourth-order valence-corrected chi connectivity index (χ4v) is 8.86. The van der Waals surface area contributed by atoms with Gasteiger partial charge < -0.3 is 0 Å². The van der Waals surface area contributed by atoms with Crippen molar-refractivity contribution < 1.29 is 25.2 Å². The molecule has 164 valence electrons. The van der Waals surface area contributed by atoms with Crippen molar-refractivity contribution in [1.29, 1.82) is 0 Å². The van der Waals surface area contributed by atoms with E-state index in [1.54, 1.807) is 6.33 Å². The van der Waals surface area contributed by atoms with Gasteiger partial charge in [-0.3, -0.25) is 0 Å². The van der Waals surface area contributed by atoms with Crippen molar-refractivity contribution >= 4 is 15.7 Å². The number of hydrogen-bond donors (Lipinski definition) is 0. The number of rotatable bonds is 4. The van der Waals surface area contributed by atoms with Crippen molar-refractivity contribution in [2.24, 2.45) is 0 Å². The molecule has 3 aliphatic heterocycles. The van der Waals surface area contributed by atoms with Gasteiger partial charge in [-0.1, -0.05) is 4.45 Å². The van der Waals surface area contributed by atoms with Gasteiger partial charge in [-0.05, 0) is 38.5 Å². The Morgan fingerprint density at radius 2 is 0.964 bits per heavy atom. The van der Waals surface area contributed by atoms with Gasteiger partial charge >= 0.3 is 40.9 Å². The quantitative estimate of drug-likeness (QED) is 0.446. The molecule has 0 aromatic carbocycles. The van der Waals surface area contributed by atoms with E-state index >= 15 is 0 Å². The molecule has 0 unspecified atom stereocenters. The van der Waals surface area contributed by atoms with Crippen molar-refractivity contribution in [2.45, 2.75) is 38.5 Å². The fourth-order valence-electron chi connectivity index (χ4n) is 4.17. The van der Waals surface area contributed by atoms with Gasteiger partial charge in [0.15, 0.2) is 6.33 Å². The third-order valence-electron chi connectivity index (χ3n) is 5.07. The average molecular weight is 454 g/mol. The van der Waals surface area contributed by atoms with Gasteiger partial charge in [-0.15, -0.1) is 19.1 Å². The zero-order valence-corrected chi connectivity index (χ0v) is 17.3. The van der Waals surface area contributed by atoms with Crippen LogP contribution >= 0.6 is 15.7 Å². The summed E-state index contributed by atoms with van der Waals surface area (Å²) in [5.74, 6) is 0. The van der Waals surface area contributed by atoms with Gasteiger partial charge in [0, 0.05) is 39.3 Å². The Bertz CT molecular complexity index is 584. The van der Waals surface area contributed by atoms with Gasteiger partial charge in [-0.2, -0.15) is 0 Å². The van der Waals surface area contributed by atoms with Crippen LogP contribution in [0.4, 0.5) is 25.2 Å². The molecule has 0 aliphatic carbocycles. The van der Waals surface area contributed by atoms with E-state index in [9.17, 15) is 25.2 Å². The predicted molar refractivity (Wildman–Crippen MR) is 98.3 cm³/mol. The Balaban J connectivity index is 0.000000279. The average Bonchev–Trinajstić information content (AvgIpc) is 3.37. The second-order valence-corrected chi connectivity index (χ2v) is 12.4. The van der Waals surface area contributed by atoms with Crippen LogP contribution in [0.15, 0.2) is 12.7 Å². The Morgan fingerprint density at radius 1 is 0.643 bits per heavy atom. The topological polar surface area (TPSA) is 40.4 Å². The maximum absolute atomic E-state index is 10.7. The summed E-state index contributed by atoms with van der Waals surface area (Å²) in [4.78, 5) is 4.30. The molecule has 0 atom stereocenters. The first kappa shape index (κ1) is 22.2. The Labute approximate surface area is 160 Å².